The second kappa shape index (κ2) is 4.27. The van der Waals surface area contributed by atoms with Crippen LogP contribution in [-0.4, -0.2) is 15.1 Å². The van der Waals surface area contributed by atoms with Crippen LogP contribution >= 0.6 is 15.9 Å². The topological polar surface area (TPSA) is 55.2 Å². The minimum atomic E-state index is 0.143. The summed E-state index contributed by atoms with van der Waals surface area (Å²) in [4.78, 5) is 7.88. The van der Waals surface area contributed by atoms with Gasteiger partial charge in [-0.05, 0) is 28.1 Å². The molecule has 1 aromatic carbocycles. The lowest BCUT2D eigenvalue weighted by Gasteiger charge is -2.03. The molecule has 0 bridgehead atoms. The summed E-state index contributed by atoms with van der Waals surface area (Å²) in [6.45, 7) is 0. The maximum Gasteiger partial charge on any atom is 0.321 e. The first-order valence-electron chi connectivity index (χ1n) is 4.18. The van der Waals surface area contributed by atoms with Gasteiger partial charge in [0.1, 0.15) is 11.5 Å². The van der Waals surface area contributed by atoms with Gasteiger partial charge in [-0.2, -0.15) is 0 Å². The predicted molar refractivity (Wildman–Crippen MR) is 57.9 cm³/mol. The zero-order valence-corrected chi connectivity index (χ0v) is 9.18. The third kappa shape index (κ3) is 2.66. The van der Waals surface area contributed by atoms with Gasteiger partial charge in [0.25, 0.3) is 0 Å². The first-order chi connectivity index (χ1) is 7.24. The SMILES string of the molecule is Oc1cccc(Oc2ncc(Br)cn2)c1. The molecule has 2 rings (SSSR count). The van der Waals surface area contributed by atoms with E-state index in [-0.39, 0.29) is 11.8 Å². The highest BCUT2D eigenvalue weighted by atomic mass is 79.9. The summed E-state index contributed by atoms with van der Waals surface area (Å²) in [5.41, 5.74) is 0. The van der Waals surface area contributed by atoms with Crippen LogP contribution in [0.25, 0.3) is 0 Å². The molecular weight excluding hydrogens is 260 g/mol. The smallest absolute Gasteiger partial charge is 0.321 e. The van der Waals surface area contributed by atoms with E-state index in [1.54, 1.807) is 30.6 Å². The summed E-state index contributed by atoms with van der Waals surface area (Å²) in [5, 5.41) is 9.21. The maximum absolute atomic E-state index is 9.21. The number of benzene rings is 1. The average Bonchev–Trinajstić information content (AvgIpc) is 2.22. The third-order valence-electron chi connectivity index (χ3n) is 1.62. The lowest BCUT2D eigenvalue weighted by Crippen LogP contribution is -1.90. The third-order valence-corrected chi connectivity index (χ3v) is 2.03. The van der Waals surface area contributed by atoms with E-state index in [0.717, 1.165) is 4.47 Å². The quantitative estimate of drug-likeness (QED) is 0.908. The van der Waals surface area contributed by atoms with Crippen molar-refractivity contribution in [3.05, 3.63) is 41.1 Å². The Balaban J connectivity index is 2.18. The van der Waals surface area contributed by atoms with Crippen molar-refractivity contribution < 1.29 is 9.84 Å². The molecule has 5 heteroatoms. The fraction of sp³-hybridized carbons (Fsp3) is 0. The molecule has 0 unspecified atom stereocenters. The van der Waals surface area contributed by atoms with Crippen molar-refractivity contribution in [2.75, 3.05) is 0 Å². The van der Waals surface area contributed by atoms with Crippen LogP contribution in [0.1, 0.15) is 0 Å². The molecule has 1 N–H and O–H groups in total. The molecule has 1 aromatic heterocycles. The lowest BCUT2D eigenvalue weighted by molar-refractivity contribution is 0.431. The predicted octanol–water partition coefficient (Wildman–Crippen LogP) is 2.74. The molecule has 0 amide bonds. The zero-order chi connectivity index (χ0) is 10.7. The molecular formula is C10H7BrN2O2. The van der Waals surface area contributed by atoms with Crippen LogP contribution in [0, 0.1) is 0 Å². The van der Waals surface area contributed by atoms with Crippen LogP contribution < -0.4 is 4.74 Å². The van der Waals surface area contributed by atoms with Gasteiger partial charge in [0.2, 0.25) is 0 Å². The summed E-state index contributed by atoms with van der Waals surface area (Å²) >= 11 is 3.22. The molecule has 76 valence electrons. The fourth-order valence-corrected chi connectivity index (χ4v) is 1.21. The van der Waals surface area contributed by atoms with Gasteiger partial charge in [-0.15, -0.1) is 0 Å². The van der Waals surface area contributed by atoms with E-state index >= 15 is 0 Å². The van der Waals surface area contributed by atoms with Crippen molar-refractivity contribution >= 4 is 15.9 Å². The molecule has 0 aliphatic carbocycles. The number of hydrogen-bond acceptors (Lipinski definition) is 4. The van der Waals surface area contributed by atoms with E-state index in [1.165, 1.54) is 6.07 Å². The van der Waals surface area contributed by atoms with E-state index in [0.29, 0.717) is 5.75 Å². The molecule has 0 saturated heterocycles. The van der Waals surface area contributed by atoms with Crippen LogP contribution in [0.3, 0.4) is 0 Å². The number of hydrogen-bond donors (Lipinski definition) is 1. The van der Waals surface area contributed by atoms with Crippen molar-refractivity contribution in [3.8, 4) is 17.5 Å². The van der Waals surface area contributed by atoms with Crippen molar-refractivity contribution in [2.45, 2.75) is 0 Å². The summed E-state index contributed by atoms with van der Waals surface area (Å²) in [5.74, 6) is 0.641. The molecule has 0 aliphatic rings. The van der Waals surface area contributed by atoms with Gasteiger partial charge in [-0.3, -0.25) is 0 Å². The summed E-state index contributed by atoms with van der Waals surface area (Å²) < 4.78 is 6.09. The number of ether oxygens (including phenoxy) is 1. The van der Waals surface area contributed by atoms with Gasteiger partial charge in [0.15, 0.2) is 0 Å². The van der Waals surface area contributed by atoms with Crippen molar-refractivity contribution in [1.82, 2.24) is 9.97 Å². The van der Waals surface area contributed by atoms with Crippen molar-refractivity contribution in [2.24, 2.45) is 0 Å². The minimum absolute atomic E-state index is 0.143. The highest BCUT2D eigenvalue weighted by Gasteiger charge is 2.00. The Morgan fingerprint density at radius 1 is 1.20 bits per heavy atom. The summed E-state index contributed by atoms with van der Waals surface area (Å²) in [6.07, 6.45) is 3.18. The van der Waals surface area contributed by atoms with Crippen molar-refractivity contribution in [3.63, 3.8) is 0 Å². The average molecular weight is 267 g/mol. The molecule has 0 aliphatic heterocycles. The standard InChI is InChI=1S/C10H7BrN2O2/c11-7-5-12-10(13-6-7)15-9-3-1-2-8(14)4-9/h1-6,14H. The molecule has 1 heterocycles. The number of nitrogens with zero attached hydrogens (tertiary/aromatic N) is 2. The Kier molecular flexibility index (Phi) is 2.82. The Morgan fingerprint density at radius 2 is 1.93 bits per heavy atom. The van der Waals surface area contributed by atoms with E-state index < -0.39 is 0 Å². The highest BCUT2D eigenvalue weighted by molar-refractivity contribution is 9.10. The monoisotopic (exact) mass is 266 g/mol. The normalized spacial score (nSPS) is 9.93. The molecule has 2 aromatic rings. The number of rotatable bonds is 2. The molecule has 15 heavy (non-hydrogen) atoms. The number of phenols is 1. The number of halogens is 1. The second-order valence-electron chi connectivity index (χ2n) is 2.78. The maximum atomic E-state index is 9.21. The summed E-state index contributed by atoms with van der Waals surface area (Å²) in [7, 11) is 0. The van der Waals surface area contributed by atoms with Gasteiger partial charge < -0.3 is 9.84 Å². The van der Waals surface area contributed by atoms with Crippen LogP contribution in [0.2, 0.25) is 0 Å². The van der Waals surface area contributed by atoms with Gasteiger partial charge in [0.05, 0.1) is 4.47 Å². The largest absolute Gasteiger partial charge is 0.508 e. The number of aromatic nitrogens is 2. The highest BCUT2D eigenvalue weighted by Crippen LogP contribution is 2.22. The van der Waals surface area contributed by atoms with E-state index in [9.17, 15) is 5.11 Å². The molecule has 0 atom stereocenters. The Bertz CT molecular complexity index is 459. The first kappa shape index (κ1) is 9.92. The molecule has 0 radical (unpaired) electrons. The fourth-order valence-electron chi connectivity index (χ4n) is 1.01. The first-order valence-corrected chi connectivity index (χ1v) is 4.98. The molecule has 4 nitrogen and oxygen atoms in total. The van der Waals surface area contributed by atoms with Crippen molar-refractivity contribution in [1.29, 1.82) is 0 Å². The van der Waals surface area contributed by atoms with E-state index in [2.05, 4.69) is 25.9 Å². The minimum Gasteiger partial charge on any atom is -0.508 e. The van der Waals surface area contributed by atoms with E-state index in [4.69, 9.17) is 4.74 Å². The number of aromatic hydroxyl groups is 1. The Morgan fingerprint density at radius 3 is 2.60 bits per heavy atom. The van der Waals surface area contributed by atoms with E-state index in [1.807, 2.05) is 0 Å². The Hall–Kier alpha value is -1.62. The second-order valence-corrected chi connectivity index (χ2v) is 3.70. The van der Waals surface area contributed by atoms with Crippen LogP contribution in [0.4, 0.5) is 0 Å². The van der Waals surface area contributed by atoms with Gasteiger partial charge in [-0.25, -0.2) is 9.97 Å². The summed E-state index contributed by atoms with van der Waals surface area (Å²) in [6, 6.07) is 6.69. The van der Waals surface area contributed by atoms with Gasteiger partial charge >= 0.3 is 6.01 Å². The van der Waals surface area contributed by atoms with Crippen LogP contribution in [0.5, 0.6) is 17.5 Å². The Labute approximate surface area is 94.7 Å². The molecule has 0 saturated carbocycles. The molecule has 0 fully saturated rings. The lowest BCUT2D eigenvalue weighted by atomic mass is 10.3. The van der Waals surface area contributed by atoms with Crippen LogP contribution in [0.15, 0.2) is 41.1 Å². The number of phenolic OH excluding ortho intramolecular Hbond substituents is 1. The van der Waals surface area contributed by atoms with Gasteiger partial charge in [0, 0.05) is 18.5 Å². The zero-order valence-electron chi connectivity index (χ0n) is 7.59. The van der Waals surface area contributed by atoms with Crippen LogP contribution in [-0.2, 0) is 0 Å². The van der Waals surface area contributed by atoms with Gasteiger partial charge in [-0.1, -0.05) is 6.07 Å². The molecule has 0 spiro atoms.